The number of fused-ring (bicyclic) bond motifs is 1. The largest absolute Gasteiger partial charge is 0.472 e. The van der Waals surface area contributed by atoms with E-state index in [9.17, 15) is 5.26 Å². The van der Waals surface area contributed by atoms with Crippen LogP contribution in [-0.4, -0.2) is 4.98 Å². The molecule has 0 aliphatic carbocycles. The molecule has 2 N–H and O–H groups in total. The third-order valence-corrected chi connectivity index (χ3v) is 3.16. The minimum Gasteiger partial charge on any atom is -0.472 e. The Labute approximate surface area is 122 Å². The molecule has 3 aromatic rings. The number of hydrogen-bond acceptors (Lipinski definition) is 4. The van der Waals surface area contributed by atoms with E-state index in [0.29, 0.717) is 23.7 Å². The van der Waals surface area contributed by atoms with E-state index in [1.54, 1.807) is 6.07 Å². The zero-order chi connectivity index (χ0) is 14.7. The smallest absolute Gasteiger partial charge is 0.232 e. The lowest BCUT2D eigenvalue weighted by atomic mass is 10.1. The highest BCUT2D eigenvalue weighted by molar-refractivity contribution is 5.80. The van der Waals surface area contributed by atoms with Crippen molar-refractivity contribution in [2.24, 2.45) is 0 Å². The Kier molecular flexibility index (Phi) is 3.40. The van der Waals surface area contributed by atoms with Gasteiger partial charge in [-0.2, -0.15) is 5.26 Å². The number of aromatic nitrogens is 1. The van der Waals surface area contributed by atoms with Gasteiger partial charge >= 0.3 is 0 Å². The van der Waals surface area contributed by atoms with Gasteiger partial charge in [0.15, 0.2) is 0 Å². The van der Waals surface area contributed by atoms with E-state index in [0.717, 1.165) is 16.5 Å². The second-order valence-electron chi connectivity index (χ2n) is 4.68. The second-order valence-corrected chi connectivity index (χ2v) is 4.68. The summed E-state index contributed by atoms with van der Waals surface area (Å²) in [5.41, 5.74) is 8.57. The van der Waals surface area contributed by atoms with E-state index in [1.165, 1.54) is 0 Å². The quantitative estimate of drug-likeness (QED) is 0.745. The summed E-state index contributed by atoms with van der Waals surface area (Å²) < 4.78 is 5.69. The zero-order valence-electron chi connectivity index (χ0n) is 11.3. The number of nitrogens with two attached hydrogens (primary N) is 1. The number of nitrogens with zero attached hydrogens (tertiary/aromatic N) is 2. The van der Waals surface area contributed by atoms with E-state index in [2.05, 4.69) is 11.1 Å². The highest BCUT2D eigenvalue weighted by Crippen LogP contribution is 2.22. The van der Waals surface area contributed by atoms with Crippen molar-refractivity contribution in [1.29, 1.82) is 5.26 Å². The average molecular weight is 275 g/mol. The first-order valence-corrected chi connectivity index (χ1v) is 6.53. The van der Waals surface area contributed by atoms with Crippen molar-refractivity contribution in [3.63, 3.8) is 0 Å². The lowest BCUT2D eigenvalue weighted by Gasteiger charge is -2.08. The normalized spacial score (nSPS) is 10.2. The van der Waals surface area contributed by atoms with Gasteiger partial charge in [0.25, 0.3) is 0 Å². The highest BCUT2D eigenvalue weighted by atomic mass is 16.5. The number of ether oxygens (including phenoxy) is 1. The Morgan fingerprint density at radius 2 is 1.86 bits per heavy atom. The van der Waals surface area contributed by atoms with Crippen molar-refractivity contribution in [2.45, 2.75) is 6.61 Å². The van der Waals surface area contributed by atoms with Crippen LogP contribution in [0.3, 0.4) is 0 Å². The molecule has 0 atom stereocenters. The summed E-state index contributed by atoms with van der Waals surface area (Å²) in [5, 5.41) is 10.1. The van der Waals surface area contributed by atoms with E-state index >= 15 is 0 Å². The van der Waals surface area contributed by atoms with Crippen molar-refractivity contribution in [2.75, 3.05) is 5.73 Å². The molecule has 21 heavy (non-hydrogen) atoms. The molecule has 1 aromatic heterocycles. The van der Waals surface area contributed by atoms with Crippen molar-refractivity contribution in [1.82, 2.24) is 4.98 Å². The van der Waals surface area contributed by atoms with Gasteiger partial charge < -0.3 is 10.5 Å². The van der Waals surface area contributed by atoms with Crippen LogP contribution in [0.2, 0.25) is 0 Å². The number of nitriles is 1. The zero-order valence-corrected chi connectivity index (χ0v) is 11.3. The predicted molar refractivity (Wildman–Crippen MR) is 81.6 cm³/mol. The molecule has 0 radical (unpaired) electrons. The second kappa shape index (κ2) is 5.51. The molecule has 0 aliphatic heterocycles. The number of pyridine rings is 1. The Balaban J connectivity index is 1.89. The first-order chi connectivity index (χ1) is 10.3. The number of hydrogen-bond donors (Lipinski definition) is 1. The van der Waals surface area contributed by atoms with Gasteiger partial charge in [-0.25, -0.2) is 4.98 Å². The summed E-state index contributed by atoms with van der Waals surface area (Å²) in [5.74, 6) is 0.355. The first kappa shape index (κ1) is 12.9. The maximum absolute atomic E-state index is 9.22. The maximum atomic E-state index is 9.22. The van der Waals surface area contributed by atoms with Gasteiger partial charge in [-0.05, 0) is 29.8 Å². The molecule has 0 bridgehead atoms. The van der Waals surface area contributed by atoms with Crippen LogP contribution in [0.25, 0.3) is 10.9 Å². The summed E-state index contributed by atoms with van der Waals surface area (Å²) in [6.07, 6.45) is 0. The van der Waals surface area contributed by atoms with Gasteiger partial charge in [-0.1, -0.05) is 30.3 Å². The summed E-state index contributed by atoms with van der Waals surface area (Å²) in [4.78, 5) is 4.41. The molecule has 102 valence electrons. The minimum absolute atomic E-state index is 0.348. The van der Waals surface area contributed by atoms with Gasteiger partial charge in [0.1, 0.15) is 18.2 Å². The predicted octanol–water partition coefficient (Wildman–Crippen LogP) is 3.27. The third kappa shape index (κ3) is 2.77. The van der Waals surface area contributed by atoms with E-state index < -0.39 is 0 Å². The fourth-order valence-corrected chi connectivity index (χ4v) is 2.05. The molecule has 0 saturated carbocycles. The molecule has 4 nitrogen and oxygen atoms in total. The molecule has 0 unspecified atom stereocenters. The molecular weight excluding hydrogens is 262 g/mol. The van der Waals surface area contributed by atoms with Crippen LogP contribution in [0.5, 0.6) is 5.88 Å². The molecule has 0 saturated heterocycles. The summed E-state index contributed by atoms with van der Waals surface area (Å²) in [6.45, 7) is 0.348. The van der Waals surface area contributed by atoms with E-state index in [4.69, 9.17) is 10.5 Å². The van der Waals surface area contributed by atoms with Crippen molar-refractivity contribution in [3.05, 3.63) is 65.7 Å². The molecule has 4 heteroatoms. The molecule has 1 heterocycles. The molecule has 0 amide bonds. The lowest BCUT2D eigenvalue weighted by molar-refractivity contribution is 0.294. The first-order valence-electron chi connectivity index (χ1n) is 6.53. The van der Waals surface area contributed by atoms with Gasteiger partial charge in [-0.15, -0.1) is 0 Å². The Morgan fingerprint density at radius 3 is 2.62 bits per heavy atom. The average Bonchev–Trinajstić information content (AvgIpc) is 2.53. The number of anilines is 1. The maximum Gasteiger partial charge on any atom is 0.232 e. The number of rotatable bonds is 3. The van der Waals surface area contributed by atoms with E-state index in [1.807, 2.05) is 48.5 Å². The van der Waals surface area contributed by atoms with Crippen LogP contribution >= 0.6 is 0 Å². The number of benzene rings is 2. The van der Waals surface area contributed by atoms with Crippen LogP contribution in [0, 0.1) is 11.3 Å². The number of para-hydroxylation sites is 1. The molecular formula is C17H13N3O. The molecule has 0 fully saturated rings. The van der Waals surface area contributed by atoms with Crippen molar-refractivity contribution >= 4 is 16.6 Å². The number of nitrogen functional groups attached to an aromatic ring is 1. The van der Waals surface area contributed by atoms with Crippen LogP contribution < -0.4 is 10.5 Å². The summed E-state index contributed by atoms with van der Waals surface area (Å²) in [6, 6.07) is 19.0. The Hall–Kier alpha value is -3.06. The van der Waals surface area contributed by atoms with Crippen LogP contribution in [0.15, 0.2) is 54.6 Å². The van der Waals surface area contributed by atoms with Gasteiger partial charge in [0.05, 0.1) is 5.52 Å². The fourth-order valence-electron chi connectivity index (χ4n) is 2.05. The summed E-state index contributed by atoms with van der Waals surface area (Å²) in [7, 11) is 0. The SMILES string of the molecule is N#Cc1cc2ccccc2nc1OCc1ccc(N)cc1. The van der Waals surface area contributed by atoms with Gasteiger partial charge in [0.2, 0.25) is 5.88 Å². The topological polar surface area (TPSA) is 71.9 Å². The fraction of sp³-hybridized carbons (Fsp3) is 0.0588. The third-order valence-electron chi connectivity index (χ3n) is 3.16. The molecule has 0 aliphatic rings. The Bertz CT molecular complexity index is 820. The molecule has 3 rings (SSSR count). The van der Waals surface area contributed by atoms with Crippen LogP contribution in [-0.2, 0) is 6.61 Å². The molecule has 0 spiro atoms. The Morgan fingerprint density at radius 1 is 1.10 bits per heavy atom. The van der Waals surface area contributed by atoms with Gasteiger partial charge in [-0.3, -0.25) is 0 Å². The minimum atomic E-state index is 0.348. The highest BCUT2D eigenvalue weighted by Gasteiger charge is 2.08. The van der Waals surface area contributed by atoms with Crippen molar-refractivity contribution in [3.8, 4) is 11.9 Å². The monoisotopic (exact) mass is 275 g/mol. The standard InChI is InChI=1S/C17H13N3O/c18-10-14-9-13-3-1-2-4-16(13)20-17(14)21-11-12-5-7-15(19)8-6-12/h1-9H,11,19H2. The van der Waals surface area contributed by atoms with Crippen molar-refractivity contribution < 1.29 is 4.74 Å². The van der Waals surface area contributed by atoms with Gasteiger partial charge in [0, 0.05) is 11.1 Å². The van der Waals surface area contributed by atoms with E-state index in [-0.39, 0.29) is 0 Å². The summed E-state index contributed by atoms with van der Waals surface area (Å²) >= 11 is 0. The lowest BCUT2D eigenvalue weighted by Crippen LogP contribution is -2.00. The van der Waals surface area contributed by atoms with Crippen LogP contribution in [0.1, 0.15) is 11.1 Å². The van der Waals surface area contributed by atoms with Crippen LogP contribution in [0.4, 0.5) is 5.69 Å². The molecule has 2 aromatic carbocycles.